The van der Waals surface area contributed by atoms with Gasteiger partial charge in [-0.25, -0.2) is 0 Å². The van der Waals surface area contributed by atoms with Crippen LogP contribution in [0.25, 0.3) is 0 Å². The van der Waals surface area contributed by atoms with E-state index in [1.807, 2.05) is 0 Å². The van der Waals surface area contributed by atoms with Crippen LogP contribution < -0.4 is 11.1 Å². The molecule has 0 aliphatic heterocycles. The maximum atomic E-state index is 12.7. The van der Waals surface area contributed by atoms with Crippen molar-refractivity contribution in [2.75, 3.05) is 38.4 Å². The maximum Gasteiger partial charge on any atom is 0.418 e. The molecule has 1 unspecified atom stereocenters. The third kappa shape index (κ3) is 4.60. The molecule has 0 aliphatic rings. The van der Waals surface area contributed by atoms with Crippen molar-refractivity contribution in [3.63, 3.8) is 0 Å². The van der Waals surface area contributed by atoms with Gasteiger partial charge in [0.25, 0.3) is 0 Å². The van der Waals surface area contributed by atoms with Gasteiger partial charge in [0.05, 0.1) is 18.3 Å². The van der Waals surface area contributed by atoms with Crippen LogP contribution in [0, 0.1) is 0 Å². The number of benzene rings is 1. The fraction of sp³-hybridized carbons (Fsp3) is 0.500. The first kappa shape index (κ1) is 15.6. The summed E-state index contributed by atoms with van der Waals surface area (Å²) in [4.78, 5) is 0. The monoisotopic (exact) mass is 278 g/mol. The minimum Gasteiger partial charge on any atom is -0.398 e. The Labute approximate surface area is 109 Å². The van der Waals surface area contributed by atoms with Crippen LogP contribution in [0.3, 0.4) is 0 Å². The van der Waals surface area contributed by atoms with Gasteiger partial charge in [0.2, 0.25) is 0 Å². The van der Waals surface area contributed by atoms with Crippen molar-refractivity contribution in [1.82, 2.24) is 0 Å². The average molecular weight is 278 g/mol. The molecule has 7 heteroatoms. The second-order valence-electron chi connectivity index (χ2n) is 3.99. The van der Waals surface area contributed by atoms with Gasteiger partial charge in [-0.3, -0.25) is 0 Å². The van der Waals surface area contributed by atoms with E-state index in [9.17, 15) is 13.2 Å². The predicted molar refractivity (Wildman–Crippen MR) is 67.0 cm³/mol. The molecule has 0 fully saturated rings. The van der Waals surface area contributed by atoms with Crippen LogP contribution in [0.15, 0.2) is 18.2 Å². The van der Waals surface area contributed by atoms with Crippen molar-refractivity contribution in [3.8, 4) is 0 Å². The summed E-state index contributed by atoms with van der Waals surface area (Å²) >= 11 is 0. The lowest BCUT2D eigenvalue weighted by atomic mass is 10.1. The highest BCUT2D eigenvalue weighted by molar-refractivity contribution is 5.58. The molecule has 108 valence electrons. The van der Waals surface area contributed by atoms with E-state index in [2.05, 4.69) is 5.32 Å². The Morgan fingerprint density at radius 2 is 2.00 bits per heavy atom. The molecule has 0 heterocycles. The number of ether oxygens (including phenoxy) is 2. The third-order valence-corrected chi connectivity index (χ3v) is 2.58. The van der Waals surface area contributed by atoms with E-state index in [-0.39, 0.29) is 11.8 Å². The number of halogens is 3. The summed E-state index contributed by atoms with van der Waals surface area (Å²) in [5.41, 5.74) is 4.50. The largest absolute Gasteiger partial charge is 0.418 e. The molecule has 0 aliphatic carbocycles. The van der Waals surface area contributed by atoms with Crippen molar-refractivity contribution < 1.29 is 22.6 Å². The van der Waals surface area contributed by atoms with E-state index in [1.54, 1.807) is 0 Å². The lowest BCUT2D eigenvalue weighted by Gasteiger charge is -2.17. The molecule has 4 nitrogen and oxygen atoms in total. The fourth-order valence-corrected chi connectivity index (χ4v) is 1.54. The molecule has 1 atom stereocenters. The van der Waals surface area contributed by atoms with Crippen LogP contribution in [0.4, 0.5) is 24.5 Å². The molecular formula is C12H17F3N2O2. The van der Waals surface area contributed by atoms with E-state index >= 15 is 0 Å². The van der Waals surface area contributed by atoms with E-state index in [0.717, 1.165) is 6.07 Å². The number of anilines is 2. The van der Waals surface area contributed by atoms with Gasteiger partial charge >= 0.3 is 6.18 Å². The molecule has 19 heavy (non-hydrogen) atoms. The highest BCUT2D eigenvalue weighted by atomic mass is 19.4. The van der Waals surface area contributed by atoms with E-state index < -0.39 is 11.7 Å². The van der Waals surface area contributed by atoms with Crippen LogP contribution in [0.5, 0.6) is 0 Å². The number of hydrogen-bond donors (Lipinski definition) is 2. The van der Waals surface area contributed by atoms with Crippen molar-refractivity contribution in [1.29, 1.82) is 0 Å². The van der Waals surface area contributed by atoms with Crippen LogP contribution in [-0.4, -0.2) is 33.5 Å². The Bertz CT molecular complexity index is 410. The molecule has 3 N–H and O–H groups in total. The third-order valence-electron chi connectivity index (χ3n) is 2.58. The zero-order chi connectivity index (χ0) is 14.5. The number of rotatable bonds is 6. The zero-order valence-electron chi connectivity index (χ0n) is 10.8. The van der Waals surface area contributed by atoms with Gasteiger partial charge in [-0.15, -0.1) is 0 Å². The molecule has 0 radical (unpaired) electrons. The van der Waals surface area contributed by atoms with E-state index in [0.29, 0.717) is 18.8 Å². The molecule has 0 spiro atoms. The highest BCUT2D eigenvalue weighted by Gasteiger charge is 2.33. The lowest BCUT2D eigenvalue weighted by Crippen LogP contribution is -2.26. The first-order valence-electron chi connectivity index (χ1n) is 5.60. The molecule has 0 saturated carbocycles. The summed E-state index contributed by atoms with van der Waals surface area (Å²) in [6.45, 7) is 0.691. The van der Waals surface area contributed by atoms with Gasteiger partial charge in [-0.05, 0) is 18.2 Å². The topological polar surface area (TPSA) is 56.5 Å². The van der Waals surface area contributed by atoms with Gasteiger partial charge < -0.3 is 20.5 Å². The van der Waals surface area contributed by atoms with Crippen LogP contribution in [-0.2, 0) is 15.7 Å². The number of methoxy groups -OCH3 is 2. The smallest absolute Gasteiger partial charge is 0.398 e. The minimum atomic E-state index is -4.46. The first-order valence-corrected chi connectivity index (χ1v) is 5.60. The summed E-state index contributed by atoms with van der Waals surface area (Å²) in [6, 6.07) is 3.70. The maximum absolute atomic E-state index is 12.7. The Hall–Kier alpha value is -1.47. The second-order valence-corrected chi connectivity index (χ2v) is 3.99. The van der Waals surface area contributed by atoms with Gasteiger partial charge in [-0.1, -0.05) is 0 Å². The quantitative estimate of drug-likeness (QED) is 0.784. The number of nitrogen functional groups attached to an aromatic ring is 1. The Morgan fingerprint density at radius 1 is 1.32 bits per heavy atom. The van der Waals surface area contributed by atoms with Gasteiger partial charge in [-0.2, -0.15) is 13.2 Å². The Kier molecular flexibility index (Phi) is 5.44. The summed E-state index contributed by atoms with van der Waals surface area (Å²) in [6.07, 6.45) is -4.70. The number of hydrogen-bond acceptors (Lipinski definition) is 4. The summed E-state index contributed by atoms with van der Waals surface area (Å²) in [7, 11) is 3.03. The van der Waals surface area contributed by atoms with Gasteiger partial charge in [0.1, 0.15) is 0 Å². The first-order chi connectivity index (χ1) is 8.88. The van der Waals surface area contributed by atoms with Crippen LogP contribution in [0.1, 0.15) is 5.56 Å². The number of nitrogens with one attached hydrogen (secondary N) is 1. The summed E-state index contributed by atoms with van der Waals surface area (Å²) in [5, 5.41) is 2.86. The molecule has 1 aromatic rings. The zero-order valence-corrected chi connectivity index (χ0v) is 10.8. The average Bonchev–Trinajstić information content (AvgIpc) is 2.34. The highest BCUT2D eigenvalue weighted by Crippen LogP contribution is 2.35. The van der Waals surface area contributed by atoms with Gasteiger partial charge in [0, 0.05) is 32.1 Å². The number of nitrogens with two attached hydrogens (primary N) is 1. The number of alkyl halides is 3. The molecule has 1 rings (SSSR count). The second kappa shape index (κ2) is 6.63. The van der Waals surface area contributed by atoms with Crippen molar-refractivity contribution in [3.05, 3.63) is 23.8 Å². The Balaban J connectivity index is 2.75. The van der Waals surface area contributed by atoms with Crippen molar-refractivity contribution in [2.24, 2.45) is 0 Å². The normalized spacial score (nSPS) is 13.3. The fourth-order valence-electron chi connectivity index (χ4n) is 1.54. The van der Waals surface area contributed by atoms with Crippen molar-refractivity contribution >= 4 is 11.4 Å². The standard InChI is InChI=1S/C12H17F3N2O2/c1-18-7-9(19-2)6-17-8-3-4-11(16)10(5-8)12(13,14)15/h3-5,9,17H,6-7,16H2,1-2H3. The summed E-state index contributed by atoms with van der Waals surface area (Å²) in [5.74, 6) is 0. The predicted octanol–water partition coefficient (Wildman–Crippen LogP) is 2.36. The molecule has 1 aromatic carbocycles. The van der Waals surface area contributed by atoms with E-state index in [4.69, 9.17) is 15.2 Å². The minimum absolute atomic E-state index is 0.239. The molecule has 0 amide bonds. The lowest BCUT2D eigenvalue weighted by molar-refractivity contribution is -0.136. The van der Waals surface area contributed by atoms with Crippen LogP contribution >= 0.6 is 0 Å². The van der Waals surface area contributed by atoms with Crippen molar-refractivity contribution in [2.45, 2.75) is 12.3 Å². The van der Waals surface area contributed by atoms with Crippen LogP contribution in [0.2, 0.25) is 0 Å². The molecule has 0 saturated heterocycles. The van der Waals surface area contributed by atoms with Gasteiger partial charge in [0.15, 0.2) is 0 Å². The molecule has 0 aromatic heterocycles. The Morgan fingerprint density at radius 3 is 2.53 bits per heavy atom. The van der Waals surface area contributed by atoms with E-state index in [1.165, 1.54) is 26.4 Å². The SMILES string of the molecule is COCC(CNc1ccc(N)c(C(F)(F)F)c1)OC. The summed E-state index contributed by atoms with van der Waals surface area (Å²) < 4.78 is 48.0. The molecular weight excluding hydrogens is 261 g/mol. The molecule has 0 bridgehead atoms.